The molecule has 20 heavy (non-hydrogen) atoms. The van der Waals surface area contributed by atoms with Gasteiger partial charge < -0.3 is 10.2 Å². The number of aryl methyl sites for hydroxylation is 1. The van der Waals surface area contributed by atoms with Crippen molar-refractivity contribution in [1.82, 2.24) is 15.2 Å². The molecule has 0 spiro atoms. The summed E-state index contributed by atoms with van der Waals surface area (Å²) in [5, 5.41) is 4.48. The number of hydrogen-bond acceptors (Lipinski definition) is 4. The second kappa shape index (κ2) is 7.74. The Bertz CT molecular complexity index is 425. The van der Waals surface area contributed by atoms with Gasteiger partial charge in [0.05, 0.1) is 11.2 Å². The van der Waals surface area contributed by atoms with Crippen LogP contribution in [0, 0.1) is 5.92 Å². The van der Waals surface area contributed by atoms with Crippen LogP contribution in [0.1, 0.15) is 47.8 Å². The van der Waals surface area contributed by atoms with Gasteiger partial charge >= 0.3 is 0 Å². The molecule has 0 bridgehead atoms. The summed E-state index contributed by atoms with van der Waals surface area (Å²) in [6.45, 7) is 8.15. The Morgan fingerprint density at radius 2 is 2.20 bits per heavy atom. The van der Waals surface area contributed by atoms with Gasteiger partial charge in [0.25, 0.3) is 5.91 Å². The maximum Gasteiger partial charge on any atom is 0.265 e. The molecule has 1 aromatic rings. The minimum Gasteiger partial charge on any atom is -0.338 e. The van der Waals surface area contributed by atoms with Crippen LogP contribution >= 0.6 is 11.3 Å². The fourth-order valence-electron chi connectivity index (χ4n) is 2.58. The number of hydrogen-bond donors (Lipinski definition) is 1. The van der Waals surface area contributed by atoms with Crippen molar-refractivity contribution in [3.8, 4) is 0 Å². The molecule has 1 aromatic heterocycles. The van der Waals surface area contributed by atoms with Crippen molar-refractivity contribution in [2.24, 2.45) is 5.92 Å². The summed E-state index contributed by atoms with van der Waals surface area (Å²) in [6.07, 6.45) is 6.03. The molecule has 1 N–H and O–H groups in total. The molecule has 4 nitrogen and oxygen atoms in total. The Labute approximate surface area is 125 Å². The minimum atomic E-state index is 0.173. The number of amides is 1. The highest BCUT2D eigenvalue weighted by atomic mass is 32.1. The zero-order chi connectivity index (χ0) is 14.4. The summed E-state index contributed by atoms with van der Waals surface area (Å²) in [6, 6.07) is 0. The van der Waals surface area contributed by atoms with E-state index in [4.69, 9.17) is 0 Å². The molecular formula is C15H25N3OS. The van der Waals surface area contributed by atoms with E-state index in [0.717, 1.165) is 67.7 Å². The van der Waals surface area contributed by atoms with E-state index in [1.165, 1.54) is 0 Å². The van der Waals surface area contributed by atoms with E-state index in [-0.39, 0.29) is 5.91 Å². The second-order valence-corrected chi connectivity index (χ2v) is 6.53. The first kappa shape index (κ1) is 15.4. The minimum absolute atomic E-state index is 0.173. The van der Waals surface area contributed by atoms with E-state index in [1.54, 1.807) is 17.5 Å². The average molecular weight is 295 g/mol. The highest BCUT2D eigenvalue weighted by Crippen LogP contribution is 2.21. The lowest BCUT2D eigenvalue weighted by Crippen LogP contribution is -2.40. The Morgan fingerprint density at radius 3 is 2.85 bits per heavy atom. The third-order valence-electron chi connectivity index (χ3n) is 3.81. The van der Waals surface area contributed by atoms with E-state index in [9.17, 15) is 4.79 Å². The number of nitrogens with zero attached hydrogens (tertiary/aromatic N) is 2. The Morgan fingerprint density at radius 1 is 1.45 bits per heavy atom. The molecule has 0 atom stereocenters. The Hall–Kier alpha value is -0.940. The lowest BCUT2D eigenvalue weighted by atomic mass is 9.96. The van der Waals surface area contributed by atoms with Crippen molar-refractivity contribution >= 4 is 17.2 Å². The zero-order valence-corrected chi connectivity index (χ0v) is 13.3. The van der Waals surface area contributed by atoms with E-state index in [0.29, 0.717) is 0 Å². The normalized spacial score (nSPS) is 16.6. The van der Waals surface area contributed by atoms with Gasteiger partial charge in [0, 0.05) is 13.1 Å². The first-order valence-corrected chi connectivity index (χ1v) is 8.51. The molecule has 1 saturated heterocycles. The van der Waals surface area contributed by atoms with E-state index < -0.39 is 0 Å². The van der Waals surface area contributed by atoms with Crippen LogP contribution in [0.5, 0.6) is 0 Å². The van der Waals surface area contributed by atoms with Crippen LogP contribution in [0.4, 0.5) is 0 Å². The third kappa shape index (κ3) is 4.03. The van der Waals surface area contributed by atoms with Crippen molar-refractivity contribution in [2.45, 2.75) is 39.5 Å². The maximum absolute atomic E-state index is 12.4. The average Bonchev–Trinajstić information content (AvgIpc) is 2.94. The fourth-order valence-corrected chi connectivity index (χ4v) is 3.57. The summed E-state index contributed by atoms with van der Waals surface area (Å²) < 4.78 is 0. The van der Waals surface area contributed by atoms with Crippen molar-refractivity contribution in [3.05, 3.63) is 16.1 Å². The molecule has 0 aromatic carbocycles. The first-order chi connectivity index (χ1) is 9.74. The highest BCUT2D eigenvalue weighted by molar-refractivity contribution is 7.13. The van der Waals surface area contributed by atoms with Gasteiger partial charge in [-0.15, -0.1) is 11.3 Å². The van der Waals surface area contributed by atoms with Crippen molar-refractivity contribution < 1.29 is 4.79 Å². The lowest BCUT2D eigenvalue weighted by Gasteiger charge is -2.31. The summed E-state index contributed by atoms with van der Waals surface area (Å²) in [5.74, 6) is 0.892. The fraction of sp³-hybridized carbons (Fsp3) is 0.733. The van der Waals surface area contributed by atoms with Gasteiger partial charge in [-0.3, -0.25) is 4.79 Å². The van der Waals surface area contributed by atoms with Crippen LogP contribution in [0.25, 0.3) is 0 Å². The van der Waals surface area contributed by atoms with Gasteiger partial charge in [0.1, 0.15) is 4.88 Å². The predicted molar refractivity (Wildman–Crippen MR) is 83.3 cm³/mol. The SMILES string of the molecule is CCCc1ncc(C(=O)N2CCC(CNCC)CC2)s1. The number of nitrogens with one attached hydrogen (secondary N) is 1. The van der Waals surface area contributed by atoms with Crippen LogP contribution in [-0.4, -0.2) is 42.0 Å². The molecule has 1 aliphatic heterocycles. The number of aromatic nitrogens is 1. The second-order valence-electron chi connectivity index (χ2n) is 5.41. The molecule has 0 aliphatic carbocycles. The number of piperidine rings is 1. The molecule has 5 heteroatoms. The predicted octanol–water partition coefficient (Wildman–Crippen LogP) is 2.56. The lowest BCUT2D eigenvalue weighted by molar-refractivity contribution is 0.0695. The number of likely N-dealkylation sites (tertiary alicyclic amines) is 1. The van der Waals surface area contributed by atoms with Crippen LogP contribution in [0.2, 0.25) is 0 Å². The largest absolute Gasteiger partial charge is 0.338 e. The van der Waals surface area contributed by atoms with Crippen LogP contribution in [0.3, 0.4) is 0 Å². The number of rotatable bonds is 6. The molecule has 1 fully saturated rings. The summed E-state index contributed by atoms with van der Waals surface area (Å²) in [4.78, 5) is 19.6. The first-order valence-electron chi connectivity index (χ1n) is 7.69. The molecule has 1 amide bonds. The van der Waals surface area contributed by atoms with Gasteiger partial charge in [-0.05, 0) is 44.7 Å². The van der Waals surface area contributed by atoms with Gasteiger partial charge in [-0.2, -0.15) is 0 Å². The number of carbonyl (C=O) groups excluding carboxylic acids is 1. The molecule has 0 radical (unpaired) electrons. The van der Waals surface area contributed by atoms with E-state index in [1.807, 2.05) is 4.90 Å². The molecular weight excluding hydrogens is 270 g/mol. The van der Waals surface area contributed by atoms with E-state index in [2.05, 4.69) is 24.1 Å². The number of carbonyl (C=O) groups is 1. The van der Waals surface area contributed by atoms with Crippen LogP contribution in [-0.2, 0) is 6.42 Å². The van der Waals surface area contributed by atoms with Gasteiger partial charge in [-0.1, -0.05) is 13.8 Å². The Kier molecular flexibility index (Phi) is 5.98. The molecule has 2 rings (SSSR count). The topological polar surface area (TPSA) is 45.2 Å². The standard InChI is InChI=1S/C15H25N3OS/c1-3-5-14-17-11-13(20-14)15(19)18-8-6-12(7-9-18)10-16-4-2/h11-12,16H,3-10H2,1-2H3. The molecule has 2 heterocycles. The van der Waals surface area contributed by atoms with Gasteiger partial charge in [-0.25, -0.2) is 4.98 Å². The smallest absolute Gasteiger partial charge is 0.265 e. The van der Waals surface area contributed by atoms with Gasteiger partial charge in [0.15, 0.2) is 0 Å². The van der Waals surface area contributed by atoms with Crippen molar-refractivity contribution in [1.29, 1.82) is 0 Å². The van der Waals surface area contributed by atoms with Crippen LogP contribution < -0.4 is 5.32 Å². The van der Waals surface area contributed by atoms with E-state index >= 15 is 0 Å². The van der Waals surface area contributed by atoms with Gasteiger partial charge in [0.2, 0.25) is 0 Å². The van der Waals surface area contributed by atoms with Crippen molar-refractivity contribution in [3.63, 3.8) is 0 Å². The number of thiazole rings is 1. The van der Waals surface area contributed by atoms with Crippen molar-refractivity contribution in [2.75, 3.05) is 26.2 Å². The van der Waals surface area contributed by atoms with Crippen LogP contribution in [0.15, 0.2) is 6.20 Å². The summed E-state index contributed by atoms with van der Waals surface area (Å²) >= 11 is 1.56. The molecule has 1 aliphatic rings. The quantitative estimate of drug-likeness (QED) is 0.877. The zero-order valence-electron chi connectivity index (χ0n) is 12.5. The molecule has 0 saturated carbocycles. The molecule has 0 unspecified atom stereocenters. The maximum atomic E-state index is 12.4. The summed E-state index contributed by atoms with van der Waals surface area (Å²) in [5.41, 5.74) is 0. The highest BCUT2D eigenvalue weighted by Gasteiger charge is 2.24. The Balaban J connectivity index is 1.84. The summed E-state index contributed by atoms with van der Waals surface area (Å²) in [7, 11) is 0. The third-order valence-corrected chi connectivity index (χ3v) is 4.86. The molecule has 112 valence electrons. The monoisotopic (exact) mass is 295 g/mol.